The zero-order chi connectivity index (χ0) is 23.3. The van der Waals surface area contributed by atoms with Crippen LogP contribution in [0.3, 0.4) is 0 Å². The number of rotatable bonds is 11. The number of carbonyl (C=O) groups is 3. The van der Waals surface area contributed by atoms with E-state index >= 15 is 0 Å². The fourth-order valence-corrected chi connectivity index (χ4v) is 2.45. The third-order valence-electron chi connectivity index (χ3n) is 3.67. The Bertz CT molecular complexity index is 799. The molecule has 0 heterocycles. The van der Waals surface area contributed by atoms with Crippen molar-refractivity contribution in [3.63, 3.8) is 0 Å². The van der Waals surface area contributed by atoms with Crippen LogP contribution in [0.5, 0.6) is 0 Å². The number of urea groups is 1. The SMILES string of the molecule is CCOC(=O)CCNC(=O)c1cccc(NC(=O)NCCC(N=C=O)OC(C)(C)C)c1. The van der Waals surface area contributed by atoms with Crippen molar-refractivity contribution < 1.29 is 28.7 Å². The molecule has 1 atom stereocenters. The maximum Gasteiger partial charge on any atom is 0.319 e. The van der Waals surface area contributed by atoms with E-state index in [1.807, 2.05) is 20.8 Å². The molecule has 1 unspecified atom stereocenters. The van der Waals surface area contributed by atoms with E-state index in [1.165, 1.54) is 12.1 Å². The van der Waals surface area contributed by atoms with Crippen LogP contribution in [0.4, 0.5) is 10.5 Å². The molecular weight excluding hydrogens is 404 g/mol. The number of isocyanates is 1. The second kappa shape index (κ2) is 13.1. The van der Waals surface area contributed by atoms with Crippen molar-refractivity contribution in [1.29, 1.82) is 0 Å². The van der Waals surface area contributed by atoms with Gasteiger partial charge in [-0.25, -0.2) is 9.59 Å². The van der Waals surface area contributed by atoms with Gasteiger partial charge in [0.2, 0.25) is 6.08 Å². The van der Waals surface area contributed by atoms with Gasteiger partial charge in [0.05, 0.1) is 18.6 Å². The van der Waals surface area contributed by atoms with Crippen LogP contribution in [-0.2, 0) is 19.1 Å². The summed E-state index contributed by atoms with van der Waals surface area (Å²) in [6.45, 7) is 7.86. The minimum absolute atomic E-state index is 0.0774. The Morgan fingerprint density at radius 3 is 2.55 bits per heavy atom. The highest BCUT2D eigenvalue weighted by atomic mass is 16.5. The Morgan fingerprint density at radius 1 is 1.16 bits per heavy atom. The zero-order valence-corrected chi connectivity index (χ0v) is 18.3. The number of nitrogens with one attached hydrogen (secondary N) is 3. The van der Waals surface area contributed by atoms with Gasteiger partial charge in [-0.1, -0.05) is 6.07 Å². The van der Waals surface area contributed by atoms with Crippen LogP contribution in [0.15, 0.2) is 29.3 Å². The highest BCUT2D eigenvalue weighted by molar-refractivity contribution is 5.97. The van der Waals surface area contributed by atoms with E-state index in [2.05, 4.69) is 20.9 Å². The molecule has 0 saturated carbocycles. The van der Waals surface area contributed by atoms with E-state index < -0.39 is 17.9 Å². The lowest BCUT2D eigenvalue weighted by molar-refractivity contribution is -0.142. The smallest absolute Gasteiger partial charge is 0.319 e. The number of amides is 3. The third-order valence-corrected chi connectivity index (χ3v) is 3.67. The number of anilines is 1. The summed E-state index contributed by atoms with van der Waals surface area (Å²) >= 11 is 0. The lowest BCUT2D eigenvalue weighted by atomic mass is 10.2. The Hall–Kier alpha value is -3.23. The summed E-state index contributed by atoms with van der Waals surface area (Å²) in [5.74, 6) is -0.758. The van der Waals surface area contributed by atoms with Crippen molar-refractivity contribution in [3.8, 4) is 0 Å². The first-order valence-electron chi connectivity index (χ1n) is 9.98. The zero-order valence-electron chi connectivity index (χ0n) is 18.3. The van der Waals surface area contributed by atoms with Gasteiger partial charge in [0, 0.05) is 30.8 Å². The molecule has 0 spiro atoms. The topological polar surface area (TPSA) is 135 Å². The molecule has 0 aliphatic carbocycles. The molecule has 0 aliphatic rings. The van der Waals surface area contributed by atoms with E-state index in [0.29, 0.717) is 17.7 Å². The van der Waals surface area contributed by atoms with Crippen LogP contribution in [0.2, 0.25) is 0 Å². The first-order chi connectivity index (χ1) is 14.6. The number of hydrogen-bond acceptors (Lipinski definition) is 7. The van der Waals surface area contributed by atoms with Gasteiger partial charge in [0.1, 0.15) is 0 Å². The quantitative estimate of drug-likeness (QED) is 0.278. The summed E-state index contributed by atoms with van der Waals surface area (Å²) in [6, 6.07) is 5.89. The number of aliphatic imine (C=N–C) groups is 1. The fraction of sp³-hybridized carbons (Fsp3) is 0.524. The van der Waals surface area contributed by atoms with Gasteiger partial charge >= 0.3 is 12.0 Å². The van der Waals surface area contributed by atoms with E-state index in [1.54, 1.807) is 25.1 Å². The second-order valence-corrected chi connectivity index (χ2v) is 7.47. The Balaban J connectivity index is 2.50. The van der Waals surface area contributed by atoms with E-state index in [9.17, 15) is 19.2 Å². The van der Waals surface area contributed by atoms with Gasteiger partial charge in [-0.3, -0.25) is 9.59 Å². The molecule has 0 aliphatic heterocycles. The van der Waals surface area contributed by atoms with Crippen molar-refractivity contribution in [2.45, 2.75) is 52.4 Å². The summed E-state index contributed by atoms with van der Waals surface area (Å²) in [7, 11) is 0. The van der Waals surface area contributed by atoms with Crippen molar-refractivity contribution >= 4 is 29.7 Å². The Labute approximate surface area is 181 Å². The van der Waals surface area contributed by atoms with Crippen LogP contribution in [0.1, 0.15) is 50.9 Å². The van der Waals surface area contributed by atoms with Gasteiger partial charge in [-0.15, -0.1) is 0 Å². The number of benzene rings is 1. The van der Waals surface area contributed by atoms with Crippen molar-refractivity contribution in [1.82, 2.24) is 10.6 Å². The van der Waals surface area contributed by atoms with Crippen LogP contribution in [0, 0.1) is 0 Å². The summed E-state index contributed by atoms with van der Waals surface area (Å²) < 4.78 is 10.4. The number of ether oxygens (including phenoxy) is 2. The van der Waals surface area contributed by atoms with Crippen LogP contribution in [0.25, 0.3) is 0 Å². The van der Waals surface area contributed by atoms with Crippen LogP contribution in [-0.4, -0.2) is 55.5 Å². The molecule has 10 heteroatoms. The monoisotopic (exact) mass is 434 g/mol. The predicted octanol–water partition coefficient (Wildman–Crippen LogP) is 2.36. The molecule has 3 amide bonds. The maximum atomic E-state index is 12.2. The number of nitrogens with zero attached hydrogens (tertiary/aromatic N) is 1. The third kappa shape index (κ3) is 11.5. The standard InChI is InChI=1S/C21H30N4O6/c1-5-30-18(27)10-12-22-19(28)15-7-6-8-16(13-15)25-20(29)23-11-9-17(24-14-26)31-21(2,3)4/h6-8,13,17H,5,9-12H2,1-4H3,(H,22,28)(H2,23,25,29). The second-order valence-electron chi connectivity index (χ2n) is 7.47. The molecule has 3 N–H and O–H groups in total. The first kappa shape index (κ1) is 25.8. The summed E-state index contributed by atoms with van der Waals surface area (Å²) in [5, 5.41) is 7.89. The molecule has 1 aromatic rings. The molecule has 1 aromatic carbocycles. The van der Waals surface area contributed by atoms with Gasteiger partial charge in [-0.2, -0.15) is 4.99 Å². The van der Waals surface area contributed by atoms with E-state index in [-0.39, 0.29) is 38.0 Å². The summed E-state index contributed by atoms with van der Waals surface area (Å²) in [6.07, 6.45) is 1.13. The van der Waals surface area contributed by atoms with Crippen LogP contribution < -0.4 is 16.0 Å². The van der Waals surface area contributed by atoms with Crippen molar-refractivity contribution in [2.24, 2.45) is 4.99 Å². The van der Waals surface area contributed by atoms with E-state index in [4.69, 9.17) is 9.47 Å². The fourth-order valence-electron chi connectivity index (χ4n) is 2.45. The minimum atomic E-state index is -0.709. The number of carbonyl (C=O) groups excluding carboxylic acids is 4. The molecule has 31 heavy (non-hydrogen) atoms. The average Bonchev–Trinajstić information content (AvgIpc) is 2.67. The lowest BCUT2D eigenvalue weighted by Crippen LogP contribution is -2.33. The predicted molar refractivity (Wildman–Crippen MR) is 114 cm³/mol. The average molecular weight is 434 g/mol. The summed E-state index contributed by atoms with van der Waals surface area (Å²) in [5.41, 5.74) is 0.259. The van der Waals surface area contributed by atoms with Crippen molar-refractivity contribution in [2.75, 3.05) is 25.0 Å². The molecule has 0 radical (unpaired) electrons. The number of hydrogen-bond donors (Lipinski definition) is 3. The Kier molecular flexibility index (Phi) is 10.9. The molecular formula is C21H30N4O6. The Morgan fingerprint density at radius 2 is 1.90 bits per heavy atom. The maximum absolute atomic E-state index is 12.2. The largest absolute Gasteiger partial charge is 0.466 e. The molecule has 0 fully saturated rings. The molecule has 170 valence electrons. The lowest BCUT2D eigenvalue weighted by Gasteiger charge is -2.24. The molecule has 10 nitrogen and oxygen atoms in total. The van der Waals surface area contributed by atoms with E-state index in [0.717, 1.165) is 0 Å². The van der Waals surface area contributed by atoms with Crippen molar-refractivity contribution in [3.05, 3.63) is 29.8 Å². The molecule has 0 bridgehead atoms. The highest BCUT2D eigenvalue weighted by Gasteiger charge is 2.18. The number of esters is 1. The van der Waals surface area contributed by atoms with Crippen LogP contribution >= 0.6 is 0 Å². The minimum Gasteiger partial charge on any atom is -0.466 e. The molecule has 1 rings (SSSR count). The van der Waals surface area contributed by atoms with Gasteiger partial charge in [0.15, 0.2) is 6.23 Å². The molecule has 0 saturated heterocycles. The normalized spacial score (nSPS) is 11.6. The van der Waals surface area contributed by atoms with Gasteiger partial charge in [-0.05, 0) is 45.9 Å². The van der Waals surface area contributed by atoms with Gasteiger partial charge < -0.3 is 25.4 Å². The molecule has 0 aromatic heterocycles. The first-order valence-corrected chi connectivity index (χ1v) is 9.98. The summed E-state index contributed by atoms with van der Waals surface area (Å²) in [4.78, 5) is 49.7. The highest BCUT2D eigenvalue weighted by Crippen LogP contribution is 2.14. The van der Waals surface area contributed by atoms with Gasteiger partial charge in [0.25, 0.3) is 5.91 Å².